The average Bonchev–Trinajstić information content (AvgIpc) is 2.14. The van der Waals surface area contributed by atoms with Crippen molar-refractivity contribution in [1.82, 2.24) is 4.90 Å². The molecule has 0 aromatic carbocycles. The minimum Gasteiger partial charge on any atom is -0.389 e. The highest BCUT2D eigenvalue weighted by Gasteiger charge is 2.28. The second-order valence-electron chi connectivity index (χ2n) is 2.64. The zero-order valence-electron chi connectivity index (χ0n) is 5.90. The quantitative estimate of drug-likeness (QED) is 0.498. The fourth-order valence-electron chi connectivity index (χ4n) is 1.18. The van der Waals surface area contributed by atoms with Crippen molar-refractivity contribution in [2.45, 2.75) is 12.2 Å². The average molecular weight is 143 g/mol. The Kier molecular flexibility index (Phi) is 2.43. The molecule has 58 valence electrons. The van der Waals surface area contributed by atoms with E-state index in [0.717, 1.165) is 6.54 Å². The summed E-state index contributed by atoms with van der Waals surface area (Å²) in [6.07, 6.45) is 0.630. The van der Waals surface area contributed by atoms with Crippen molar-refractivity contribution in [3.05, 3.63) is 12.7 Å². The zero-order valence-corrected chi connectivity index (χ0v) is 5.90. The Morgan fingerprint density at radius 3 is 2.30 bits per heavy atom. The first kappa shape index (κ1) is 7.72. The van der Waals surface area contributed by atoms with Gasteiger partial charge in [0.05, 0.1) is 12.2 Å². The van der Waals surface area contributed by atoms with E-state index in [1.807, 2.05) is 4.90 Å². The summed E-state index contributed by atoms with van der Waals surface area (Å²) < 4.78 is 0. The Balaban J connectivity index is 2.33. The van der Waals surface area contributed by atoms with E-state index in [1.54, 1.807) is 6.08 Å². The molecule has 1 rings (SSSR count). The number of hydrogen-bond donors (Lipinski definition) is 2. The van der Waals surface area contributed by atoms with E-state index in [-0.39, 0.29) is 0 Å². The molecular weight excluding hydrogens is 130 g/mol. The molecule has 10 heavy (non-hydrogen) atoms. The van der Waals surface area contributed by atoms with Gasteiger partial charge in [-0.15, -0.1) is 6.58 Å². The summed E-state index contributed by atoms with van der Waals surface area (Å²) in [6.45, 7) is 5.44. The molecule has 0 radical (unpaired) electrons. The molecule has 0 aromatic rings. The Hall–Kier alpha value is -0.380. The molecule has 1 aliphatic rings. The number of likely N-dealkylation sites (tertiary alicyclic amines) is 1. The van der Waals surface area contributed by atoms with Gasteiger partial charge in [0.25, 0.3) is 0 Å². The van der Waals surface area contributed by atoms with Crippen molar-refractivity contribution in [2.24, 2.45) is 0 Å². The van der Waals surface area contributed by atoms with Gasteiger partial charge in [0.1, 0.15) is 0 Å². The van der Waals surface area contributed by atoms with Crippen LogP contribution in [0, 0.1) is 0 Å². The summed E-state index contributed by atoms with van der Waals surface area (Å²) in [6, 6.07) is 0. The summed E-state index contributed by atoms with van der Waals surface area (Å²) in [5.74, 6) is 0. The first-order valence-electron chi connectivity index (χ1n) is 3.43. The summed E-state index contributed by atoms with van der Waals surface area (Å²) in [7, 11) is 0. The van der Waals surface area contributed by atoms with Crippen LogP contribution in [0.3, 0.4) is 0 Å². The third-order valence-electron chi connectivity index (χ3n) is 1.72. The van der Waals surface area contributed by atoms with Gasteiger partial charge >= 0.3 is 0 Å². The van der Waals surface area contributed by atoms with E-state index in [0.29, 0.717) is 13.1 Å². The van der Waals surface area contributed by atoms with Crippen molar-refractivity contribution in [1.29, 1.82) is 0 Å². The Labute approximate surface area is 60.6 Å². The van der Waals surface area contributed by atoms with Crippen molar-refractivity contribution < 1.29 is 10.2 Å². The molecule has 0 unspecified atom stereocenters. The number of aliphatic hydroxyl groups excluding tert-OH is 2. The van der Waals surface area contributed by atoms with Gasteiger partial charge in [-0.3, -0.25) is 4.90 Å². The third-order valence-corrected chi connectivity index (χ3v) is 1.72. The van der Waals surface area contributed by atoms with E-state index >= 15 is 0 Å². The molecule has 0 aliphatic carbocycles. The topological polar surface area (TPSA) is 43.7 Å². The van der Waals surface area contributed by atoms with Gasteiger partial charge in [0.2, 0.25) is 0 Å². The van der Waals surface area contributed by atoms with Crippen LogP contribution in [-0.4, -0.2) is 47.0 Å². The molecule has 2 N–H and O–H groups in total. The van der Waals surface area contributed by atoms with E-state index in [4.69, 9.17) is 10.2 Å². The second-order valence-corrected chi connectivity index (χ2v) is 2.64. The minimum absolute atomic E-state index is 0.563. The number of rotatable bonds is 2. The maximum atomic E-state index is 9.07. The van der Waals surface area contributed by atoms with Crippen LogP contribution in [0.15, 0.2) is 12.7 Å². The lowest BCUT2D eigenvalue weighted by atomic mass is 10.3. The van der Waals surface area contributed by atoms with Crippen LogP contribution in [0.1, 0.15) is 0 Å². The molecule has 0 spiro atoms. The smallest absolute Gasteiger partial charge is 0.0938 e. The molecular formula is C7H13NO2. The lowest BCUT2D eigenvalue weighted by Gasteiger charge is -2.09. The minimum atomic E-state index is -0.569. The number of nitrogens with zero attached hydrogens (tertiary/aromatic N) is 1. The lowest BCUT2D eigenvalue weighted by Crippen LogP contribution is -2.22. The number of β-amino-alcohol motifs (C(OH)–C–C–N with tert-alkyl or cyclic N) is 2. The molecule has 0 saturated carbocycles. The molecule has 3 nitrogen and oxygen atoms in total. The summed E-state index contributed by atoms with van der Waals surface area (Å²) in [5.41, 5.74) is 0. The van der Waals surface area contributed by atoms with E-state index < -0.39 is 12.2 Å². The maximum Gasteiger partial charge on any atom is 0.0938 e. The first-order chi connectivity index (χ1) is 4.74. The molecule has 2 atom stereocenters. The van der Waals surface area contributed by atoms with Crippen LogP contribution in [0.5, 0.6) is 0 Å². The zero-order chi connectivity index (χ0) is 7.56. The molecule has 1 fully saturated rings. The fourth-order valence-corrected chi connectivity index (χ4v) is 1.18. The molecule has 3 heteroatoms. The van der Waals surface area contributed by atoms with Gasteiger partial charge in [-0.25, -0.2) is 0 Å². The maximum absolute atomic E-state index is 9.07. The monoisotopic (exact) mass is 143 g/mol. The van der Waals surface area contributed by atoms with Crippen LogP contribution < -0.4 is 0 Å². The number of aliphatic hydroxyl groups is 2. The Morgan fingerprint density at radius 1 is 1.40 bits per heavy atom. The van der Waals surface area contributed by atoms with Gasteiger partial charge in [0, 0.05) is 19.6 Å². The Bertz CT molecular complexity index is 117. The summed E-state index contributed by atoms with van der Waals surface area (Å²) in [5, 5.41) is 18.1. The second kappa shape index (κ2) is 3.14. The van der Waals surface area contributed by atoms with Crippen LogP contribution in [0.25, 0.3) is 0 Å². The van der Waals surface area contributed by atoms with Gasteiger partial charge < -0.3 is 10.2 Å². The van der Waals surface area contributed by atoms with Gasteiger partial charge in [0.15, 0.2) is 0 Å². The number of hydrogen-bond acceptors (Lipinski definition) is 3. The van der Waals surface area contributed by atoms with Crippen LogP contribution in [0.2, 0.25) is 0 Å². The van der Waals surface area contributed by atoms with Gasteiger partial charge in [-0.05, 0) is 0 Å². The van der Waals surface area contributed by atoms with E-state index in [2.05, 4.69) is 6.58 Å². The predicted octanol–water partition coefficient (Wildman–Crippen LogP) is -0.790. The standard InChI is InChI=1S/C7H13NO2/c1-2-3-8-4-6(9)7(10)5-8/h2,6-7,9-10H,1,3-5H2/t6-,7-/m0/s1. The normalized spacial score (nSPS) is 34.6. The molecule has 0 aromatic heterocycles. The third kappa shape index (κ3) is 1.56. The van der Waals surface area contributed by atoms with Crippen molar-refractivity contribution in [3.8, 4) is 0 Å². The predicted molar refractivity (Wildman–Crippen MR) is 38.7 cm³/mol. The van der Waals surface area contributed by atoms with Crippen LogP contribution in [0.4, 0.5) is 0 Å². The first-order valence-corrected chi connectivity index (χ1v) is 3.43. The van der Waals surface area contributed by atoms with Crippen molar-refractivity contribution in [3.63, 3.8) is 0 Å². The highest BCUT2D eigenvalue weighted by molar-refractivity contribution is 4.86. The molecule has 0 amide bonds. The van der Waals surface area contributed by atoms with Crippen LogP contribution >= 0.6 is 0 Å². The van der Waals surface area contributed by atoms with Gasteiger partial charge in [-0.1, -0.05) is 6.08 Å². The fraction of sp³-hybridized carbons (Fsp3) is 0.714. The van der Waals surface area contributed by atoms with Gasteiger partial charge in [-0.2, -0.15) is 0 Å². The highest BCUT2D eigenvalue weighted by atomic mass is 16.3. The van der Waals surface area contributed by atoms with Crippen LogP contribution in [-0.2, 0) is 0 Å². The van der Waals surface area contributed by atoms with E-state index in [1.165, 1.54) is 0 Å². The molecule has 0 bridgehead atoms. The highest BCUT2D eigenvalue weighted by Crippen LogP contribution is 2.08. The van der Waals surface area contributed by atoms with Crippen molar-refractivity contribution >= 4 is 0 Å². The summed E-state index contributed by atoms with van der Waals surface area (Å²) >= 11 is 0. The molecule has 1 aliphatic heterocycles. The van der Waals surface area contributed by atoms with E-state index in [9.17, 15) is 0 Å². The Morgan fingerprint density at radius 2 is 1.90 bits per heavy atom. The lowest BCUT2D eigenvalue weighted by molar-refractivity contribution is 0.0572. The molecule has 1 heterocycles. The summed E-state index contributed by atoms with van der Waals surface area (Å²) in [4.78, 5) is 1.96. The SMILES string of the molecule is C=CCN1C[C@H](O)[C@@H](O)C1. The van der Waals surface area contributed by atoms with Crippen molar-refractivity contribution in [2.75, 3.05) is 19.6 Å². The molecule has 1 saturated heterocycles. The largest absolute Gasteiger partial charge is 0.389 e.